The minimum Gasteiger partial charge on any atom is -0.301 e. The van der Waals surface area contributed by atoms with Gasteiger partial charge < -0.3 is 5.32 Å². The molecule has 1 N–H and O–H groups in total. The van der Waals surface area contributed by atoms with E-state index in [0.717, 1.165) is 11.0 Å². The van der Waals surface area contributed by atoms with Crippen LogP contribution in [0.2, 0.25) is 0 Å². The van der Waals surface area contributed by atoms with Crippen LogP contribution in [-0.4, -0.2) is 0 Å². The fourth-order valence-corrected chi connectivity index (χ4v) is 4.43. The van der Waals surface area contributed by atoms with Crippen molar-refractivity contribution in [3.05, 3.63) is 80.5 Å². The van der Waals surface area contributed by atoms with Crippen molar-refractivity contribution in [2.75, 3.05) is 0 Å². The van der Waals surface area contributed by atoms with Gasteiger partial charge in [-0.1, -0.05) is 48.5 Å². The minimum atomic E-state index is 0.290. The molecule has 0 amide bonds. The van der Waals surface area contributed by atoms with Gasteiger partial charge in [-0.25, -0.2) is 0 Å². The van der Waals surface area contributed by atoms with E-state index in [1.54, 1.807) is 11.3 Å². The van der Waals surface area contributed by atoms with Crippen LogP contribution in [0.3, 0.4) is 0 Å². The van der Waals surface area contributed by atoms with E-state index in [2.05, 4.69) is 81.2 Å². The van der Waals surface area contributed by atoms with Gasteiger partial charge in [-0.15, -0.1) is 11.3 Å². The molecule has 2 aromatic carbocycles. The van der Waals surface area contributed by atoms with Gasteiger partial charge in [0.2, 0.25) is 0 Å². The number of thiophene rings is 1. The Hall–Kier alpha value is -1.42. The van der Waals surface area contributed by atoms with Crippen molar-refractivity contribution in [1.82, 2.24) is 5.32 Å². The Morgan fingerprint density at radius 1 is 0.952 bits per heavy atom. The van der Waals surface area contributed by atoms with Crippen molar-refractivity contribution in [3.8, 4) is 11.1 Å². The molecule has 104 valence electrons. The van der Waals surface area contributed by atoms with Gasteiger partial charge in [0.25, 0.3) is 0 Å². The fourth-order valence-electron chi connectivity index (χ4n) is 3.02. The summed E-state index contributed by atoms with van der Waals surface area (Å²) in [6, 6.07) is 19.9. The molecule has 0 aliphatic heterocycles. The number of fused-ring (bicyclic) bond motifs is 3. The zero-order chi connectivity index (χ0) is 14.2. The predicted octanol–water partition coefficient (Wildman–Crippen LogP) is 5.37. The van der Waals surface area contributed by atoms with Crippen molar-refractivity contribution < 1.29 is 0 Å². The summed E-state index contributed by atoms with van der Waals surface area (Å²) in [4.78, 5) is 1.35. The summed E-state index contributed by atoms with van der Waals surface area (Å²) < 4.78 is 1.16. The van der Waals surface area contributed by atoms with Crippen molar-refractivity contribution in [3.63, 3.8) is 0 Å². The van der Waals surface area contributed by atoms with Gasteiger partial charge >= 0.3 is 0 Å². The van der Waals surface area contributed by atoms with E-state index >= 15 is 0 Å². The largest absolute Gasteiger partial charge is 0.301 e. The zero-order valence-electron chi connectivity index (χ0n) is 11.3. The van der Waals surface area contributed by atoms with E-state index in [0.29, 0.717) is 6.04 Å². The molecule has 0 saturated carbocycles. The average Bonchev–Trinajstić information content (AvgIpc) is 3.07. The second kappa shape index (κ2) is 5.41. The number of hydrogen-bond donors (Lipinski definition) is 1. The molecular weight excluding hydrogens is 342 g/mol. The van der Waals surface area contributed by atoms with Gasteiger partial charge in [-0.2, -0.15) is 0 Å². The number of nitrogens with one attached hydrogen (secondary N) is 1. The smallest absolute Gasteiger partial charge is 0.0591 e. The maximum atomic E-state index is 3.71. The molecule has 1 heterocycles. The van der Waals surface area contributed by atoms with E-state index in [-0.39, 0.29) is 0 Å². The highest BCUT2D eigenvalue weighted by Crippen LogP contribution is 2.43. The first-order valence-corrected chi connectivity index (χ1v) is 8.65. The van der Waals surface area contributed by atoms with Gasteiger partial charge in [-0.3, -0.25) is 0 Å². The molecule has 0 atom stereocenters. The Kier molecular flexibility index (Phi) is 3.42. The molecule has 0 bridgehead atoms. The molecule has 3 aromatic rings. The maximum absolute atomic E-state index is 3.71. The SMILES string of the molecule is Brc1csc(CNC2c3ccccc3-c3ccccc32)c1. The molecular formula is C18H14BrNS. The van der Waals surface area contributed by atoms with Crippen LogP contribution < -0.4 is 5.32 Å². The van der Waals surface area contributed by atoms with Crippen LogP contribution in [0.15, 0.2) is 64.5 Å². The third-order valence-corrected chi connectivity index (χ3v) is 5.63. The van der Waals surface area contributed by atoms with E-state index in [1.807, 2.05) is 0 Å². The van der Waals surface area contributed by atoms with Gasteiger partial charge in [0.1, 0.15) is 0 Å². The van der Waals surface area contributed by atoms with Gasteiger partial charge in [0.05, 0.1) is 6.04 Å². The van der Waals surface area contributed by atoms with Crippen LogP contribution >= 0.6 is 27.3 Å². The fraction of sp³-hybridized carbons (Fsp3) is 0.111. The molecule has 1 aromatic heterocycles. The number of benzene rings is 2. The summed E-state index contributed by atoms with van der Waals surface area (Å²) in [6.45, 7) is 0.892. The first-order valence-electron chi connectivity index (χ1n) is 6.97. The highest BCUT2D eigenvalue weighted by Gasteiger charge is 2.27. The monoisotopic (exact) mass is 355 g/mol. The third-order valence-electron chi connectivity index (χ3n) is 3.94. The first kappa shape index (κ1) is 13.3. The van der Waals surface area contributed by atoms with Crippen molar-refractivity contribution in [2.24, 2.45) is 0 Å². The summed E-state index contributed by atoms with van der Waals surface area (Å²) in [5.74, 6) is 0. The molecule has 3 heteroatoms. The van der Waals surface area contributed by atoms with Crippen LogP contribution in [0.25, 0.3) is 11.1 Å². The van der Waals surface area contributed by atoms with Crippen LogP contribution in [-0.2, 0) is 6.54 Å². The number of halogens is 1. The molecule has 0 unspecified atom stereocenters. The highest BCUT2D eigenvalue weighted by molar-refractivity contribution is 9.10. The minimum absolute atomic E-state index is 0.290. The number of rotatable bonds is 3. The molecule has 1 aliphatic carbocycles. The van der Waals surface area contributed by atoms with Crippen LogP contribution in [0.1, 0.15) is 22.0 Å². The van der Waals surface area contributed by atoms with Crippen LogP contribution in [0, 0.1) is 0 Å². The molecule has 4 rings (SSSR count). The molecule has 21 heavy (non-hydrogen) atoms. The molecule has 1 aliphatic rings. The molecule has 0 fully saturated rings. The molecule has 1 nitrogen and oxygen atoms in total. The molecule has 0 saturated heterocycles. The quantitative estimate of drug-likeness (QED) is 0.665. The summed E-state index contributed by atoms with van der Waals surface area (Å²) in [5, 5.41) is 5.85. The Morgan fingerprint density at radius 3 is 2.14 bits per heavy atom. The number of hydrogen-bond acceptors (Lipinski definition) is 2. The zero-order valence-corrected chi connectivity index (χ0v) is 13.7. The van der Waals surface area contributed by atoms with Gasteiger partial charge in [0, 0.05) is 21.3 Å². The lowest BCUT2D eigenvalue weighted by Gasteiger charge is -2.15. The Labute approximate surface area is 136 Å². The summed E-state index contributed by atoms with van der Waals surface area (Å²) in [6.07, 6.45) is 0. The van der Waals surface area contributed by atoms with Crippen LogP contribution in [0.5, 0.6) is 0 Å². The summed E-state index contributed by atoms with van der Waals surface area (Å²) in [7, 11) is 0. The Balaban J connectivity index is 1.68. The standard InChI is InChI=1S/C18H14BrNS/c19-12-9-13(21-11-12)10-20-18-16-7-3-1-5-14(16)15-6-2-4-8-17(15)18/h1-9,11,18,20H,10H2. The van der Waals surface area contributed by atoms with E-state index in [4.69, 9.17) is 0 Å². The Bertz CT molecular complexity index is 748. The van der Waals surface area contributed by atoms with E-state index in [1.165, 1.54) is 27.1 Å². The molecule has 0 radical (unpaired) electrons. The topological polar surface area (TPSA) is 12.0 Å². The first-order chi connectivity index (χ1) is 10.3. The second-order valence-corrected chi connectivity index (χ2v) is 7.13. The average molecular weight is 356 g/mol. The lowest BCUT2D eigenvalue weighted by atomic mass is 10.1. The highest BCUT2D eigenvalue weighted by atomic mass is 79.9. The van der Waals surface area contributed by atoms with Crippen molar-refractivity contribution >= 4 is 27.3 Å². The van der Waals surface area contributed by atoms with Gasteiger partial charge in [-0.05, 0) is 44.3 Å². The van der Waals surface area contributed by atoms with Crippen LogP contribution in [0.4, 0.5) is 0 Å². The summed E-state index contributed by atoms with van der Waals surface area (Å²) in [5.41, 5.74) is 5.49. The normalized spacial score (nSPS) is 13.2. The summed E-state index contributed by atoms with van der Waals surface area (Å²) >= 11 is 5.31. The predicted molar refractivity (Wildman–Crippen MR) is 92.6 cm³/mol. The lowest BCUT2D eigenvalue weighted by Crippen LogP contribution is -2.19. The van der Waals surface area contributed by atoms with E-state index < -0.39 is 0 Å². The second-order valence-electron chi connectivity index (χ2n) is 5.22. The van der Waals surface area contributed by atoms with E-state index in [9.17, 15) is 0 Å². The maximum Gasteiger partial charge on any atom is 0.0591 e. The Morgan fingerprint density at radius 2 is 1.57 bits per heavy atom. The third kappa shape index (κ3) is 2.35. The van der Waals surface area contributed by atoms with Gasteiger partial charge in [0.15, 0.2) is 0 Å². The van der Waals surface area contributed by atoms with Crippen molar-refractivity contribution in [1.29, 1.82) is 0 Å². The van der Waals surface area contributed by atoms with Crippen molar-refractivity contribution in [2.45, 2.75) is 12.6 Å². The lowest BCUT2D eigenvalue weighted by molar-refractivity contribution is 0.621. The molecule has 0 spiro atoms.